The average molecular weight is 162 g/mol. The standard InChI is InChI=1S/C11H14O/c1-9-11(2,8-12-9)10-6-4-3-5-7-10/h3-7,9H,8H2,1-2H3/t9?,11-/m1/s1. The number of rotatable bonds is 1. The Kier molecular flexibility index (Phi) is 1.69. The van der Waals surface area contributed by atoms with Crippen molar-refractivity contribution in [1.29, 1.82) is 0 Å². The fourth-order valence-electron chi connectivity index (χ4n) is 1.64. The fraction of sp³-hybridized carbons (Fsp3) is 0.455. The van der Waals surface area contributed by atoms with Gasteiger partial charge in [0.2, 0.25) is 0 Å². The molecule has 1 heterocycles. The lowest BCUT2D eigenvalue weighted by atomic mass is 9.75. The maximum absolute atomic E-state index is 5.40. The summed E-state index contributed by atoms with van der Waals surface area (Å²) >= 11 is 0. The summed E-state index contributed by atoms with van der Waals surface area (Å²) < 4.78 is 5.40. The molecule has 0 radical (unpaired) electrons. The molecule has 12 heavy (non-hydrogen) atoms. The van der Waals surface area contributed by atoms with Gasteiger partial charge in [-0.2, -0.15) is 0 Å². The van der Waals surface area contributed by atoms with Gasteiger partial charge in [-0.15, -0.1) is 0 Å². The average Bonchev–Trinajstić information content (AvgIpc) is 2.16. The molecule has 0 aromatic heterocycles. The van der Waals surface area contributed by atoms with E-state index >= 15 is 0 Å². The van der Waals surface area contributed by atoms with Gasteiger partial charge in [0.15, 0.2) is 0 Å². The van der Waals surface area contributed by atoms with E-state index in [4.69, 9.17) is 4.74 Å². The Morgan fingerprint density at radius 1 is 1.33 bits per heavy atom. The zero-order chi connectivity index (χ0) is 8.60. The quantitative estimate of drug-likeness (QED) is 0.616. The van der Waals surface area contributed by atoms with E-state index in [9.17, 15) is 0 Å². The zero-order valence-corrected chi connectivity index (χ0v) is 7.58. The lowest BCUT2D eigenvalue weighted by Gasteiger charge is -2.45. The summed E-state index contributed by atoms with van der Waals surface area (Å²) in [6.07, 6.45) is 0.361. The summed E-state index contributed by atoms with van der Waals surface area (Å²) in [5, 5.41) is 0. The summed E-state index contributed by atoms with van der Waals surface area (Å²) in [5.41, 5.74) is 1.64. The molecule has 1 nitrogen and oxygen atoms in total. The van der Waals surface area contributed by atoms with Crippen LogP contribution in [-0.4, -0.2) is 12.7 Å². The largest absolute Gasteiger partial charge is 0.376 e. The first-order valence-corrected chi connectivity index (χ1v) is 4.40. The van der Waals surface area contributed by atoms with Crippen LogP contribution in [0.5, 0.6) is 0 Å². The third kappa shape index (κ3) is 0.969. The predicted octanol–water partition coefficient (Wildman–Crippen LogP) is 2.36. The van der Waals surface area contributed by atoms with Crippen molar-refractivity contribution in [2.24, 2.45) is 0 Å². The van der Waals surface area contributed by atoms with E-state index in [1.54, 1.807) is 0 Å². The zero-order valence-electron chi connectivity index (χ0n) is 7.58. The molecular weight excluding hydrogens is 148 g/mol. The molecule has 0 spiro atoms. The van der Waals surface area contributed by atoms with Crippen molar-refractivity contribution in [3.63, 3.8) is 0 Å². The summed E-state index contributed by atoms with van der Waals surface area (Å²) in [4.78, 5) is 0. The van der Waals surface area contributed by atoms with Gasteiger partial charge in [-0.05, 0) is 12.5 Å². The lowest BCUT2D eigenvalue weighted by Crippen LogP contribution is -2.51. The second-order valence-electron chi connectivity index (χ2n) is 3.74. The normalized spacial score (nSPS) is 34.3. The highest BCUT2D eigenvalue weighted by atomic mass is 16.5. The highest BCUT2D eigenvalue weighted by Crippen LogP contribution is 2.37. The van der Waals surface area contributed by atoms with Crippen molar-refractivity contribution in [2.75, 3.05) is 6.61 Å². The molecule has 2 atom stereocenters. The molecule has 1 fully saturated rings. The molecule has 0 aliphatic carbocycles. The molecule has 1 unspecified atom stereocenters. The van der Waals surface area contributed by atoms with Crippen LogP contribution in [0.2, 0.25) is 0 Å². The third-order valence-electron chi connectivity index (χ3n) is 2.96. The second-order valence-corrected chi connectivity index (χ2v) is 3.74. The topological polar surface area (TPSA) is 9.23 Å². The SMILES string of the molecule is CC1OC[C@@]1(C)c1ccccc1. The molecule has 1 aliphatic heterocycles. The maximum atomic E-state index is 5.40. The van der Waals surface area contributed by atoms with Crippen molar-refractivity contribution in [2.45, 2.75) is 25.4 Å². The first-order valence-electron chi connectivity index (χ1n) is 4.40. The van der Waals surface area contributed by atoms with Crippen LogP contribution in [0, 0.1) is 0 Å². The molecule has 1 saturated heterocycles. The van der Waals surface area contributed by atoms with Crippen LogP contribution in [-0.2, 0) is 10.2 Å². The van der Waals surface area contributed by atoms with Crippen LogP contribution >= 0.6 is 0 Å². The number of ether oxygens (including phenoxy) is 1. The van der Waals surface area contributed by atoms with Gasteiger partial charge >= 0.3 is 0 Å². The number of hydrogen-bond acceptors (Lipinski definition) is 1. The molecule has 0 saturated carbocycles. The van der Waals surface area contributed by atoms with Gasteiger partial charge in [-0.3, -0.25) is 0 Å². The minimum atomic E-state index is 0.251. The van der Waals surface area contributed by atoms with Crippen LogP contribution < -0.4 is 0 Å². The van der Waals surface area contributed by atoms with Crippen molar-refractivity contribution in [1.82, 2.24) is 0 Å². The lowest BCUT2D eigenvalue weighted by molar-refractivity contribution is -0.119. The summed E-state index contributed by atoms with van der Waals surface area (Å²) in [7, 11) is 0. The minimum absolute atomic E-state index is 0.251. The number of benzene rings is 1. The van der Waals surface area contributed by atoms with Gasteiger partial charge in [0.25, 0.3) is 0 Å². The Bertz CT molecular complexity index is 268. The first kappa shape index (κ1) is 7.81. The monoisotopic (exact) mass is 162 g/mol. The highest BCUT2D eigenvalue weighted by Gasteiger charge is 2.42. The van der Waals surface area contributed by atoms with Gasteiger partial charge in [0.1, 0.15) is 0 Å². The molecule has 0 N–H and O–H groups in total. The second kappa shape index (κ2) is 2.60. The van der Waals surface area contributed by atoms with Crippen molar-refractivity contribution in [3.8, 4) is 0 Å². The van der Waals surface area contributed by atoms with Crippen LogP contribution in [0.25, 0.3) is 0 Å². The van der Waals surface area contributed by atoms with E-state index in [0.29, 0.717) is 6.10 Å². The van der Waals surface area contributed by atoms with Gasteiger partial charge in [-0.1, -0.05) is 37.3 Å². The molecule has 1 aromatic rings. The first-order chi connectivity index (χ1) is 5.73. The molecule has 0 amide bonds. The molecule has 1 aromatic carbocycles. The Balaban J connectivity index is 2.31. The van der Waals surface area contributed by atoms with Crippen LogP contribution in [0.3, 0.4) is 0 Å². The highest BCUT2D eigenvalue weighted by molar-refractivity contribution is 5.28. The Hall–Kier alpha value is -0.820. The van der Waals surface area contributed by atoms with E-state index < -0.39 is 0 Å². The Labute approximate surface area is 73.4 Å². The molecule has 1 aliphatic rings. The molecular formula is C11H14O. The van der Waals surface area contributed by atoms with E-state index in [1.165, 1.54) is 5.56 Å². The van der Waals surface area contributed by atoms with Gasteiger partial charge in [0.05, 0.1) is 12.7 Å². The van der Waals surface area contributed by atoms with Crippen LogP contribution in [0.1, 0.15) is 19.4 Å². The van der Waals surface area contributed by atoms with E-state index in [1.807, 2.05) is 0 Å². The molecule has 2 rings (SSSR count). The summed E-state index contributed by atoms with van der Waals surface area (Å²) in [6.45, 7) is 5.26. The van der Waals surface area contributed by atoms with Gasteiger partial charge < -0.3 is 4.74 Å². The Morgan fingerprint density at radius 2 is 2.00 bits per heavy atom. The molecule has 1 heteroatoms. The van der Waals surface area contributed by atoms with Crippen LogP contribution in [0.15, 0.2) is 30.3 Å². The Morgan fingerprint density at radius 3 is 2.42 bits per heavy atom. The maximum Gasteiger partial charge on any atom is 0.0663 e. The van der Waals surface area contributed by atoms with Crippen LogP contribution in [0.4, 0.5) is 0 Å². The third-order valence-corrected chi connectivity index (χ3v) is 2.96. The van der Waals surface area contributed by atoms with Gasteiger partial charge in [-0.25, -0.2) is 0 Å². The fourth-order valence-corrected chi connectivity index (χ4v) is 1.64. The van der Waals surface area contributed by atoms with E-state index in [-0.39, 0.29) is 5.41 Å². The van der Waals surface area contributed by atoms with Crippen molar-refractivity contribution in [3.05, 3.63) is 35.9 Å². The molecule has 0 bridgehead atoms. The van der Waals surface area contributed by atoms with E-state index in [2.05, 4.69) is 44.2 Å². The minimum Gasteiger partial charge on any atom is -0.376 e. The molecule has 64 valence electrons. The van der Waals surface area contributed by atoms with Crippen molar-refractivity contribution >= 4 is 0 Å². The summed E-state index contributed by atoms with van der Waals surface area (Å²) in [6, 6.07) is 10.6. The predicted molar refractivity (Wildman–Crippen MR) is 49.2 cm³/mol. The van der Waals surface area contributed by atoms with E-state index in [0.717, 1.165) is 6.61 Å². The van der Waals surface area contributed by atoms with Crippen molar-refractivity contribution < 1.29 is 4.74 Å². The summed E-state index contributed by atoms with van der Waals surface area (Å²) in [5.74, 6) is 0. The van der Waals surface area contributed by atoms with Gasteiger partial charge in [0, 0.05) is 5.41 Å². The smallest absolute Gasteiger partial charge is 0.0663 e. The number of hydrogen-bond donors (Lipinski definition) is 0.